The van der Waals surface area contributed by atoms with Crippen molar-refractivity contribution in [3.05, 3.63) is 70.8 Å². The van der Waals surface area contributed by atoms with Gasteiger partial charge in [0, 0.05) is 25.9 Å². The molecule has 0 aromatic heterocycles. The van der Waals surface area contributed by atoms with E-state index >= 15 is 0 Å². The quantitative estimate of drug-likeness (QED) is 0.536. The minimum atomic E-state index is -4.90. The normalized spacial score (nSPS) is 19.8. The fourth-order valence-corrected chi connectivity index (χ4v) is 3.93. The Kier molecular flexibility index (Phi) is 7.17. The number of nitrogens with zero attached hydrogens (tertiary/aromatic N) is 1. The first-order valence-corrected chi connectivity index (χ1v) is 10.1. The number of hydrogen-bond acceptors (Lipinski definition) is 2. The summed E-state index contributed by atoms with van der Waals surface area (Å²) in [6, 6.07) is 10.9. The van der Waals surface area contributed by atoms with Crippen molar-refractivity contribution in [3.63, 3.8) is 0 Å². The smallest absolute Gasteiger partial charge is 0.373 e. The lowest BCUT2D eigenvalue weighted by Gasteiger charge is -2.38. The van der Waals surface area contributed by atoms with Crippen molar-refractivity contribution < 1.29 is 35.9 Å². The molecule has 9 heteroatoms. The van der Waals surface area contributed by atoms with Crippen LogP contribution in [-0.2, 0) is 34.9 Å². The van der Waals surface area contributed by atoms with Crippen LogP contribution >= 0.6 is 0 Å². The maximum absolute atomic E-state index is 13.1. The van der Waals surface area contributed by atoms with E-state index in [-0.39, 0.29) is 30.1 Å². The van der Waals surface area contributed by atoms with Crippen molar-refractivity contribution >= 4 is 5.91 Å². The van der Waals surface area contributed by atoms with Crippen LogP contribution in [0.25, 0.3) is 0 Å². The maximum atomic E-state index is 13.1. The summed E-state index contributed by atoms with van der Waals surface area (Å²) in [6.07, 6.45) is -9.19. The first kappa shape index (κ1) is 24.1. The second-order valence-corrected chi connectivity index (χ2v) is 7.97. The van der Waals surface area contributed by atoms with E-state index in [1.54, 1.807) is 4.90 Å². The minimum absolute atomic E-state index is 0.0887. The molecule has 32 heavy (non-hydrogen) atoms. The number of amides is 1. The van der Waals surface area contributed by atoms with Crippen LogP contribution < -0.4 is 0 Å². The van der Waals surface area contributed by atoms with Crippen molar-refractivity contribution in [2.75, 3.05) is 13.1 Å². The molecule has 1 heterocycles. The van der Waals surface area contributed by atoms with Crippen molar-refractivity contribution in [1.82, 2.24) is 4.90 Å². The van der Waals surface area contributed by atoms with Crippen LogP contribution in [0.4, 0.5) is 26.3 Å². The average molecular weight is 459 g/mol. The van der Waals surface area contributed by atoms with Crippen LogP contribution in [-0.4, -0.2) is 30.0 Å². The van der Waals surface area contributed by atoms with E-state index in [0.717, 1.165) is 5.56 Å². The molecule has 2 aromatic carbocycles. The van der Waals surface area contributed by atoms with Crippen LogP contribution in [0.15, 0.2) is 48.5 Å². The minimum Gasteiger partial charge on any atom is -0.373 e. The Hall–Kier alpha value is -2.55. The summed E-state index contributed by atoms with van der Waals surface area (Å²) in [7, 11) is 0. The van der Waals surface area contributed by atoms with Crippen molar-refractivity contribution in [2.45, 2.75) is 44.8 Å². The number of hydrogen-bond donors (Lipinski definition) is 0. The molecule has 2 unspecified atom stereocenters. The molecule has 1 saturated heterocycles. The van der Waals surface area contributed by atoms with Gasteiger partial charge in [-0.05, 0) is 42.2 Å². The van der Waals surface area contributed by atoms with Crippen LogP contribution in [0.1, 0.15) is 35.6 Å². The zero-order valence-electron chi connectivity index (χ0n) is 17.3. The van der Waals surface area contributed by atoms with E-state index < -0.39 is 29.6 Å². The number of carbonyl (C=O) groups excluding carboxylic acids is 1. The molecule has 1 amide bonds. The Morgan fingerprint density at radius 2 is 1.56 bits per heavy atom. The molecule has 0 spiro atoms. The molecule has 0 bridgehead atoms. The molecule has 0 radical (unpaired) electrons. The summed E-state index contributed by atoms with van der Waals surface area (Å²) in [5.41, 5.74) is -1.91. The van der Waals surface area contributed by atoms with E-state index in [9.17, 15) is 31.1 Å². The lowest BCUT2D eigenvalue weighted by atomic mass is 9.88. The van der Waals surface area contributed by atoms with Gasteiger partial charge < -0.3 is 9.64 Å². The van der Waals surface area contributed by atoms with E-state index in [2.05, 4.69) is 0 Å². The number of ether oxygens (including phenoxy) is 1. The van der Waals surface area contributed by atoms with Gasteiger partial charge in [-0.2, -0.15) is 26.3 Å². The van der Waals surface area contributed by atoms with Gasteiger partial charge in [-0.15, -0.1) is 0 Å². The van der Waals surface area contributed by atoms with Crippen LogP contribution in [0.5, 0.6) is 0 Å². The lowest BCUT2D eigenvalue weighted by molar-refractivity contribution is -0.143. The molecule has 3 rings (SSSR count). The van der Waals surface area contributed by atoms with Gasteiger partial charge in [-0.25, -0.2) is 0 Å². The third-order valence-electron chi connectivity index (χ3n) is 5.56. The second-order valence-electron chi connectivity index (χ2n) is 7.97. The molecule has 1 aliphatic heterocycles. The maximum Gasteiger partial charge on any atom is 0.416 e. The van der Waals surface area contributed by atoms with Gasteiger partial charge in [0.2, 0.25) is 5.91 Å². The van der Waals surface area contributed by atoms with Crippen LogP contribution in [0.3, 0.4) is 0 Å². The summed E-state index contributed by atoms with van der Waals surface area (Å²) >= 11 is 0. The number of halogens is 6. The van der Waals surface area contributed by atoms with Gasteiger partial charge in [0.25, 0.3) is 0 Å². The fraction of sp³-hybridized carbons (Fsp3) is 0.435. The molecule has 2 aromatic rings. The zero-order valence-corrected chi connectivity index (χ0v) is 17.3. The number of piperidine rings is 1. The summed E-state index contributed by atoms with van der Waals surface area (Å²) in [5, 5.41) is 0. The Bertz CT molecular complexity index is 894. The van der Waals surface area contributed by atoms with E-state index in [1.807, 2.05) is 30.3 Å². The number of rotatable bonds is 5. The Morgan fingerprint density at radius 3 is 2.09 bits per heavy atom. The molecular formula is C23H23F6NO2. The molecule has 174 valence electrons. The predicted molar refractivity (Wildman–Crippen MR) is 106 cm³/mol. The Labute approximate surface area is 182 Å². The second kappa shape index (κ2) is 9.52. The number of carbonyl (C=O) groups is 1. The highest BCUT2D eigenvalue weighted by Crippen LogP contribution is 2.36. The van der Waals surface area contributed by atoms with Gasteiger partial charge in [0.1, 0.15) is 0 Å². The summed E-state index contributed by atoms with van der Waals surface area (Å²) < 4.78 is 84.5. The van der Waals surface area contributed by atoms with Crippen molar-refractivity contribution in [3.8, 4) is 0 Å². The molecular weight excluding hydrogens is 436 g/mol. The highest BCUT2D eigenvalue weighted by Gasteiger charge is 2.37. The lowest BCUT2D eigenvalue weighted by Crippen LogP contribution is -2.46. The first-order valence-electron chi connectivity index (χ1n) is 10.1. The molecule has 3 nitrogen and oxygen atoms in total. The first-order chi connectivity index (χ1) is 14.9. The summed E-state index contributed by atoms with van der Waals surface area (Å²) in [5.74, 6) is -0.225. The number of alkyl halides is 6. The van der Waals surface area contributed by atoms with Gasteiger partial charge in [0.05, 0.1) is 23.8 Å². The van der Waals surface area contributed by atoms with Gasteiger partial charge >= 0.3 is 12.4 Å². The van der Waals surface area contributed by atoms with E-state index in [1.165, 1.54) is 6.92 Å². The Balaban J connectivity index is 1.79. The number of likely N-dealkylation sites (tertiary alicyclic amines) is 1. The SMILES string of the molecule is CC(=O)N1CCC(OCc2cc(C(F)(F)F)cc(C(F)(F)F)c2)C(Cc2ccccc2)C1. The van der Waals surface area contributed by atoms with Gasteiger partial charge in [0.15, 0.2) is 0 Å². The zero-order chi connectivity index (χ0) is 23.5. The molecule has 0 aliphatic carbocycles. The fourth-order valence-electron chi connectivity index (χ4n) is 3.93. The van der Waals surface area contributed by atoms with Crippen LogP contribution in [0.2, 0.25) is 0 Å². The van der Waals surface area contributed by atoms with Crippen LogP contribution in [0, 0.1) is 5.92 Å². The van der Waals surface area contributed by atoms with Crippen molar-refractivity contribution in [1.29, 1.82) is 0 Å². The highest BCUT2D eigenvalue weighted by atomic mass is 19.4. The molecule has 1 fully saturated rings. The van der Waals surface area contributed by atoms with Gasteiger partial charge in [-0.1, -0.05) is 30.3 Å². The van der Waals surface area contributed by atoms with E-state index in [4.69, 9.17) is 4.74 Å². The van der Waals surface area contributed by atoms with E-state index in [0.29, 0.717) is 38.1 Å². The molecule has 0 N–H and O–H groups in total. The van der Waals surface area contributed by atoms with Gasteiger partial charge in [-0.3, -0.25) is 4.79 Å². The Morgan fingerprint density at radius 1 is 0.969 bits per heavy atom. The molecule has 1 aliphatic rings. The third-order valence-corrected chi connectivity index (χ3v) is 5.56. The predicted octanol–water partition coefficient (Wildman–Crippen LogP) is 5.72. The summed E-state index contributed by atoms with van der Waals surface area (Å²) in [4.78, 5) is 13.5. The largest absolute Gasteiger partial charge is 0.416 e. The third kappa shape index (κ3) is 6.25. The van der Waals surface area contributed by atoms with Crippen molar-refractivity contribution in [2.24, 2.45) is 5.92 Å². The highest BCUT2D eigenvalue weighted by molar-refractivity contribution is 5.73. The summed E-state index contributed by atoms with van der Waals surface area (Å²) in [6.45, 7) is 1.90. The molecule has 2 atom stereocenters. The average Bonchev–Trinajstić information content (AvgIpc) is 2.72. The molecule has 0 saturated carbocycles. The number of benzene rings is 2. The monoisotopic (exact) mass is 459 g/mol. The topological polar surface area (TPSA) is 29.5 Å². The standard InChI is InChI=1S/C23H23F6NO2/c1-15(31)30-8-7-21(18(13-30)9-16-5-3-2-4-6-16)32-14-17-10-19(22(24,25)26)12-20(11-17)23(27,28)29/h2-6,10-12,18,21H,7-9,13-14H2,1H3.